The van der Waals surface area contributed by atoms with E-state index in [0.29, 0.717) is 26.8 Å². The van der Waals surface area contributed by atoms with Gasteiger partial charge in [-0.15, -0.1) is 0 Å². The molecule has 11 nitrogen and oxygen atoms in total. The van der Waals surface area contributed by atoms with Gasteiger partial charge in [0.05, 0.1) is 27.3 Å². The maximum atomic E-state index is 14.2. The molecule has 0 aliphatic heterocycles. The molecule has 0 spiro atoms. The molecular weight excluding hydrogens is 725 g/mol. The number of carbonyl (C=O) groups excluding carboxylic acids is 2. The molecular formula is C41H48N4O7S2. The Labute approximate surface area is 321 Å². The van der Waals surface area contributed by atoms with Crippen LogP contribution in [0.3, 0.4) is 0 Å². The molecule has 1 heterocycles. The predicted molar refractivity (Wildman–Crippen MR) is 213 cm³/mol. The standard InChI is InChI=1S/C41H48N4O7S2/c1-26(2)22-45(23-35(46)34(20-31-16-8-7-9-17-31)42-37(47)24-51-39-27(3)12-10-13-28(39)4)54(49,50)32-18-19-33-36(21-32)53-41(43-33)44-38(48)25-52-40-29(5)14-11-15-30(40)6/h7-19,21,26,34-35,46H,20,22-25H2,1-6H3,(H,42,47)(H,43,44,48)/t34-,35+/m0/s1. The Morgan fingerprint density at radius 3 is 1.94 bits per heavy atom. The van der Waals surface area contributed by atoms with E-state index in [-0.39, 0.29) is 43.5 Å². The minimum atomic E-state index is -4.13. The SMILES string of the molecule is Cc1cccc(C)c1OCC(=O)Nc1nc2ccc(S(=O)(=O)N(CC(C)C)C[C@@H](O)[C@H](Cc3ccccc3)NC(=O)COc3c(C)cccc3C)cc2s1. The maximum Gasteiger partial charge on any atom is 0.264 e. The number of nitrogens with zero attached hydrogens (tertiary/aromatic N) is 2. The molecule has 13 heteroatoms. The highest BCUT2D eigenvalue weighted by Gasteiger charge is 2.32. The second-order valence-electron chi connectivity index (χ2n) is 13.9. The van der Waals surface area contributed by atoms with Gasteiger partial charge < -0.3 is 19.9 Å². The van der Waals surface area contributed by atoms with E-state index in [9.17, 15) is 23.1 Å². The highest BCUT2D eigenvalue weighted by Crippen LogP contribution is 2.30. The molecule has 0 fully saturated rings. The summed E-state index contributed by atoms with van der Waals surface area (Å²) in [6, 6.07) is 24.6. The molecule has 0 aliphatic carbocycles. The van der Waals surface area contributed by atoms with E-state index in [0.717, 1.165) is 39.2 Å². The number of hydrogen-bond donors (Lipinski definition) is 3. The summed E-state index contributed by atoms with van der Waals surface area (Å²) < 4.78 is 41.9. The summed E-state index contributed by atoms with van der Waals surface area (Å²) in [5.41, 5.74) is 5.03. The van der Waals surface area contributed by atoms with Crippen LogP contribution >= 0.6 is 11.3 Å². The molecule has 286 valence electrons. The number of fused-ring (bicyclic) bond motifs is 1. The molecule has 0 bridgehead atoms. The van der Waals surface area contributed by atoms with Gasteiger partial charge in [-0.2, -0.15) is 4.31 Å². The normalized spacial score (nSPS) is 12.8. The number of hydrogen-bond acceptors (Lipinski definition) is 9. The third-order valence-corrected chi connectivity index (χ3v) is 11.6. The summed E-state index contributed by atoms with van der Waals surface area (Å²) >= 11 is 1.15. The van der Waals surface area contributed by atoms with Crippen LogP contribution in [0.25, 0.3) is 10.2 Å². The molecule has 0 saturated carbocycles. The number of nitrogens with one attached hydrogen (secondary N) is 2. The maximum absolute atomic E-state index is 14.2. The second kappa shape index (κ2) is 18.0. The Kier molecular flexibility index (Phi) is 13.5. The first kappa shape index (κ1) is 40.4. The van der Waals surface area contributed by atoms with Crippen LogP contribution in [0.4, 0.5) is 5.13 Å². The van der Waals surface area contributed by atoms with E-state index in [2.05, 4.69) is 15.6 Å². The summed E-state index contributed by atoms with van der Waals surface area (Å²) in [5, 5.41) is 17.6. The zero-order valence-electron chi connectivity index (χ0n) is 31.5. The molecule has 4 aromatic carbocycles. The van der Waals surface area contributed by atoms with Crippen molar-refractivity contribution in [3.05, 3.63) is 113 Å². The first-order valence-corrected chi connectivity index (χ1v) is 20.1. The van der Waals surface area contributed by atoms with E-state index in [1.807, 2.05) is 108 Å². The number of rotatable bonds is 17. The van der Waals surface area contributed by atoms with E-state index in [1.165, 1.54) is 16.4 Å². The van der Waals surface area contributed by atoms with E-state index >= 15 is 0 Å². The van der Waals surface area contributed by atoms with Crippen LogP contribution in [0.1, 0.15) is 41.7 Å². The monoisotopic (exact) mass is 772 g/mol. The van der Waals surface area contributed by atoms with Gasteiger partial charge in [0.2, 0.25) is 10.0 Å². The lowest BCUT2D eigenvalue weighted by Gasteiger charge is -2.30. The Bertz CT molecular complexity index is 2150. The van der Waals surface area contributed by atoms with Crippen molar-refractivity contribution >= 4 is 48.5 Å². The number of benzene rings is 4. The van der Waals surface area contributed by atoms with Crippen LogP contribution in [0, 0.1) is 33.6 Å². The highest BCUT2D eigenvalue weighted by molar-refractivity contribution is 7.89. The van der Waals surface area contributed by atoms with Gasteiger partial charge in [0, 0.05) is 13.1 Å². The molecule has 3 N–H and O–H groups in total. The van der Waals surface area contributed by atoms with Gasteiger partial charge in [-0.25, -0.2) is 13.4 Å². The van der Waals surface area contributed by atoms with Crippen molar-refractivity contribution in [2.75, 3.05) is 31.6 Å². The number of amides is 2. The van der Waals surface area contributed by atoms with Crippen LogP contribution in [-0.2, 0) is 26.0 Å². The van der Waals surface area contributed by atoms with E-state index in [4.69, 9.17) is 9.47 Å². The summed E-state index contributed by atoms with van der Waals surface area (Å²) in [6.07, 6.45) is -0.994. The molecule has 0 aliphatic rings. The third kappa shape index (κ3) is 10.4. The number of anilines is 1. The number of aliphatic hydroxyl groups excluding tert-OH is 1. The van der Waals surface area contributed by atoms with Crippen molar-refractivity contribution in [2.24, 2.45) is 5.92 Å². The molecule has 2 atom stereocenters. The molecule has 0 radical (unpaired) electrons. The molecule has 0 unspecified atom stereocenters. The van der Waals surface area contributed by atoms with Gasteiger partial charge in [-0.1, -0.05) is 91.9 Å². The summed E-state index contributed by atoms with van der Waals surface area (Å²) in [6.45, 7) is 10.8. The van der Waals surface area contributed by atoms with Crippen molar-refractivity contribution < 1.29 is 32.6 Å². The molecule has 0 saturated heterocycles. The predicted octanol–water partition coefficient (Wildman–Crippen LogP) is 6.36. The lowest BCUT2D eigenvalue weighted by Crippen LogP contribution is -2.52. The summed E-state index contributed by atoms with van der Waals surface area (Å²) in [5.74, 6) is 0.372. The van der Waals surface area contributed by atoms with Crippen LogP contribution in [0.2, 0.25) is 0 Å². The highest BCUT2D eigenvalue weighted by atomic mass is 32.2. The molecule has 5 rings (SSSR count). The molecule has 54 heavy (non-hydrogen) atoms. The largest absolute Gasteiger partial charge is 0.483 e. The lowest BCUT2D eigenvalue weighted by atomic mass is 10.0. The number of aliphatic hydroxyl groups is 1. The Balaban J connectivity index is 1.31. The fourth-order valence-electron chi connectivity index (χ4n) is 6.17. The van der Waals surface area contributed by atoms with E-state index < -0.39 is 34.0 Å². The number of aromatic nitrogens is 1. The van der Waals surface area contributed by atoms with Gasteiger partial charge in [-0.3, -0.25) is 14.9 Å². The fraction of sp³-hybridized carbons (Fsp3) is 0.341. The Morgan fingerprint density at radius 1 is 0.796 bits per heavy atom. The Hall–Kier alpha value is -4.82. The Morgan fingerprint density at radius 2 is 1.37 bits per heavy atom. The zero-order valence-corrected chi connectivity index (χ0v) is 33.1. The van der Waals surface area contributed by atoms with Crippen molar-refractivity contribution in [3.8, 4) is 11.5 Å². The van der Waals surface area contributed by atoms with Gasteiger partial charge >= 0.3 is 0 Å². The second-order valence-corrected chi connectivity index (χ2v) is 16.8. The zero-order chi connectivity index (χ0) is 39.0. The topological polar surface area (TPSA) is 147 Å². The lowest BCUT2D eigenvalue weighted by molar-refractivity contribution is -0.124. The van der Waals surface area contributed by atoms with Crippen molar-refractivity contribution in [1.29, 1.82) is 0 Å². The summed E-state index contributed by atoms with van der Waals surface area (Å²) in [4.78, 5) is 30.5. The third-order valence-electron chi connectivity index (χ3n) is 8.83. The molecule has 5 aromatic rings. The van der Waals surface area contributed by atoms with Crippen LogP contribution in [-0.4, -0.2) is 73.1 Å². The van der Waals surface area contributed by atoms with Crippen LogP contribution in [0.15, 0.2) is 89.8 Å². The number of para-hydroxylation sites is 2. The molecule has 1 aromatic heterocycles. The number of aryl methyl sites for hydroxylation is 4. The van der Waals surface area contributed by atoms with Gasteiger partial charge in [0.15, 0.2) is 18.3 Å². The van der Waals surface area contributed by atoms with Crippen LogP contribution in [0.5, 0.6) is 11.5 Å². The quantitative estimate of drug-likeness (QED) is 0.0990. The minimum absolute atomic E-state index is 0.0217. The number of ether oxygens (including phenoxy) is 2. The van der Waals surface area contributed by atoms with Gasteiger partial charge in [-0.05, 0) is 86.1 Å². The van der Waals surface area contributed by atoms with Gasteiger partial charge in [0.25, 0.3) is 11.8 Å². The summed E-state index contributed by atoms with van der Waals surface area (Å²) in [7, 11) is -4.13. The number of thiazole rings is 1. The van der Waals surface area contributed by atoms with Crippen molar-refractivity contribution in [2.45, 2.75) is 65.0 Å². The fourth-order valence-corrected chi connectivity index (χ4v) is 8.81. The number of sulfonamides is 1. The van der Waals surface area contributed by atoms with Crippen molar-refractivity contribution in [3.63, 3.8) is 0 Å². The van der Waals surface area contributed by atoms with E-state index in [1.54, 1.807) is 6.07 Å². The molecule has 2 amide bonds. The average molecular weight is 773 g/mol. The number of carbonyl (C=O) groups is 2. The first-order valence-electron chi connectivity index (χ1n) is 17.8. The van der Waals surface area contributed by atoms with Crippen LogP contribution < -0.4 is 20.1 Å². The smallest absolute Gasteiger partial charge is 0.264 e. The minimum Gasteiger partial charge on any atom is -0.483 e. The van der Waals surface area contributed by atoms with Gasteiger partial charge in [0.1, 0.15) is 11.5 Å². The van der Waals surface area contributed by atoms with Crippen molar-refractivity contribution in [1.82, 2.24) is 14.6 Å². The first-order chi connectivity index (χ1) is 25.7. The average Bonchev–Trinajstić information content (AvgIpc) is 3.52.